The van der Waals surface area contributed by atoms with Gasteiger partial charge in [-0.15, -0.1) is 0 Å². The molecule has 0 unspecified atom stereocenters. The number of aryl methyl sites for hydroxylation is 1. The fraction of sp³-hybridized carbons (Fsp3) is 0.786. The van der Waals surface area contributed by atoms with E-state index >= 15 is 0 Å². The number of ether oxygens (including phenoxy) is 1. The second-order valence-corrected chi connectivity index (χ2v) is 5.86. The lowest BCUT2D eigenvalue weighted by molar-refractivity contribution is 0.0226. The van der Waals surface area contributed by atoms with Crippen LogP contribution in [-0.4, -0.2) is 22.3 Å². The number of anilines is 1. The fourth-order valence-electron chi connectivity index (χ4n) is 2.01. The van der Waals surface area contributed by atoms with Gasteiger partial charge in [-0.2, -0.15) is 0 Å². The number of nitrogens with zero attached hydrogens (tertiary/aromatic N) is 2. The highest BCUT2D eigenvalue weighted by atomic mass is 16.5. The van der Waals surface area contributed by atoms with E-state index in [4.69, 9.17) is 10.5 Å². The Morgan fingerprint density at radius 3 is 2.44 bits per heavy atom. The molecule has 0 amide bonds. The molecule has 0 aliphatic carbocycles. The van der Waals surface area contributed by atoms with Crippen molar-refractivity contribution in [2.24, 2.45) is 5.92 Å². The zero-order valence-electron chi connectivity index (χ0n) is 12.6. The SMILES string of the molecule is CCc1nc(CC(C)(C)OC)c(N)n1CC(C)C. The van der Waals surface area contributed by atoms with Crippen molar-refractivity contribution in [3.05, 3.63) is 11.5 Å². The summed E-state index contributed by atoms with van der Waals surface area (Å²) in [6.07, 6.45) is 1.65. The molecule has 1 heterocycles. The van der Waals surface area contributed by atoms with Crippen LogP contribution in [0.4, 0.5) is 5.82 Å². The van der Waals surface area contributed by atoms with Gasteiger partial charge in [0.1, 0.15) is 11.6 Å². The Balaban J connectivity index is 3.04. The largest absolute Gasteiger partial charge is 0.384 e. The lowest BCUT2D eigenvalue weighted by Gasteiger charge is -2.21. The maximum atomic E-state index is 6.23. The van der Waals surface area contributed by atoms with E-state index in [1.54, 1.807) is 7.11 Å². The maximum absolute atomic E-state index is 6.23. The smallest absolute Gasteiger partial charge is 0.126 e. The van der Waals surface area contributed by atoms with Crippen molar-refractivity contribution in [3.63, 3.8) is 0 Å². The quantitative estimate of drug-likeness (QED) is 0.848. The van der Waals surface area contributed by atoms with Crippen LogP contribution < -0.4 is 5.73 Å². The molecule has 0 fully saturated rings. The molecular weight excluding hydrogens is 226 g/mol. The van der Waals surface area contributed by atoms with Crippen LogP contribution in [0.3, 0.4) is 0 Å². The number of hydrogen-bond acceptors (Lipinski definition) is 3. The molecule has 0 bridgehead atoms. The predicted molar refractivity (Wildman–Crippen MR) is 75.6 cm³/mol. The zero-order valence-corrected chi connectivity index (χ0v) is 12.6. The van der Waals surface area contributed by atoms with Crippen LogP contribution in [0.15, 0.2) is 0 Å². The van der Waals surface area contributed by atoms with Gasteiger partial charge in [-0.3, -0.25) is 0 Å². The number of rotatable bonds is 6. The van der Waals surface area contributed by atoms with Gasteiger partial charge in [0.2, 0.25) is 0 Å². The first-order chi connectivity index (χ1) is 8.30. The molecule has 18 heavy (non-hydrogen) atoms. The molecule has 0 spiro atoms. The maximum Gasteiger partial charge on any atom is 0.126 e. The van der Waals surface area contributed by atoms with Crippen molar-refractivity contribution in [1.82, 2.24) is 9.55 Å². The van der Waals surface area contributed by atoms with Crippen molar-refractivity contribution in [3.8, 4) is 0 Å². The average molecular weight is 253 g/mol. The molecule has 1 aromatic heterocycles. The van der Waals surface area contributed by atoms with Crippen molar-refractivity contribution >= 4 is 5.82 Å². The van der Waals surface area contributed by atoms with Gasteiger partial charge in [-0.05, 0) is 19.8 Å². The normalized spacial score (nSPS) is 12.4. The van der Waals surface area contributed by atoms with Gasteiger partial charge in [0.05, 0.1) is 11.3 Å². The molecule has 0 radical (unpaired) electrons. The molecule has 1 aromatic rings. The molecule has 1 rings (SSSR count). The highest BCUT2D eigenvalue weighted by molar-refractivity contribution is 5.39. The molecule has 0 aromatic carbocycles. The lowest BCUT2D eigenvalue weighted by Crippen LogP contribution is -2.26. The predicted octanol–water partition coefficient (Wildman–Crippen LogP) is 2.65. The van der Waals surface area contributed by atoms with Gasteiger partial charge in [-0.1, -0.05) is 20.8 Å². The molecule has 0 saturated heterocycles. The van der Waals surface area contributed by atoms with Gasteiger partial charge in [0.25, 0.3) is 0 Å². The number of hydrogen-bond donors (Lipinski definition) is 1. The number of aromatic nitrogens is 2. The van der Waals surface area contributed by atoms with E-state index in [1.807, 2.05) is 0 Å². The standard InChI is InChI=1S/C14H27N3O/c1-7-12-16-11(8-14(4,5)18-6)13(15)17(12)9-10(2)3/h10H,7-9,15H2,1-6H3. The Labute approximate surface area is 111 Å². The van der Waals surface area contributed by atoms with Crippen molar-refractivity contribution in [2.45, 2.75) is 59.6 Å². The van der Waals surface area contributed by atoms with Gasteiger partial charge in [-0.25, -0.2) is 4.98 Å². The van der Waals surface area contributed by atoms with Crippen LogP contribution in [0, 0.1) is 5.92 Å². The lowest BCUT2D eigenvalue weighted by atomic mass is 10.0. The molecule has 2 N–H and O–H groups in total. The first-order valence-electron chi connectivity index (χ1n) is 6.69. The molecule has 0 atom stereocenters. The van der Waals surface area contributed by atoms with Gasteiger partial charge in [0.15, 0.2) is 0 Å². The summed E-state index contributed by atoms with van der Waals surface area (Å²) >= 11 is 0. The molecular formula is C14H27N3O. The summed E-state index contributed by atoms with van der Waals surface area (Å²) in [6.45, 7) is 11.5. The summed E-state index contributed by atoms with van der Waals surface area (Å²) in [5.74, 6) is 2.43. The molecule has 0 saturated carbocycles. The summed E-state index contributed by atoms with van der Waals surface area (Å²) in [5.41, 5.74) is 6.97. The van der Waals surface area contributed by atoms with Crippen LogP contribution in [0.25, 0.3) is 0 Å². The van der Waals surface area contributed by atoms with Crippen molar-refractivity contribution < 1.29 is 4.74 Å². The van der Waals surface area contributed by atoms with Crippen LogP contribution >= 0.6 is 0 Å². The Morgan fingerprint density at radius 1 is 1.39 bits per heavy atom. The number of nitrogens with two attached hydrogens (primary N) is 1. The molecule has 4 heteroatoms. The zero-order chi connectivity index (χ0) is 13.9. The third-order valence-corrected chi connectivity index (χ3v) is 3.17. The topological polar surface area (TPSA) is 53.1 Å². The summed E-state index contributed by atoms with van der Waals surface area (Å²) < 4.78 is 7.60. The molecule has 0 aliphatic rings. The van der Waals surface area contributed by atoms with Crippen LogP contribution in [-0.2, 0) is 24.1 Å². The number of nitrogen functional groups attached to an aromatic ring is 1. The Kier molecular flexibility index (Phi) is 4.79. The van der Waals surface area contributed by atoms with Crippen LogP contribution in [0.2, 0.25) is 0 Å². The molecule has 104 valence electrons. The summed E-state index contributed by atoms with van der Waals surface area (Å²) in [7, 11) is 1.72. The molecule has 0 aliphatic heterocycles. The highest BCUT2D eigenvalue weighted by Crippen LogP contribution is 2.23. The molecule has 4 nitrogen and oxygen atoms in total. The Morgan fingerprint density at radius 2 is 2.00 bits per heavy atom. The van der Waals surface area contributed by atoms with E-state index in [1.165, 1.54) is 0 Å². The summed E-state index contributed by atoms with van der Waals surface area (Å²) in [4.78, 5) is 4.67. The van der Waals surface area contributed by atoms with Crippen LogP contribution in [0.5, 0.6) is 0 Å². The van der Waals surface area contributed by atoms with Gasteiger partial charge in [0, 0.05) is 26.5 Å². The highest BCUT2D eigenvalue weighted by Gasteiger charge is 2.23. The van der Waals surface area contributed by atoms with E-state index in [2.05, 4.69) is 44.2 Å². The monoisotopic (exact) mass is 253 g/mol. The van der Waals surface area contributed by atoms with Gasteiger partial charge < -0.3 is 15.0 Å². The van der Waals surface area contributed by atoms with Crippen molar-refractivity contribution in [1.29, 1.82) is 0 Å². The summed E-state index contributed by atoms with van der Waals surface area (Å²) in [6, 6.07) is 0. The minimum Gasteiger partial charge on any atom is -0.384 e. The first kappa shape index (κ1) is 15.0. The van der Waals surface area contributed by atoms with E-state index in [0.717, 1.165) is 36.7 Å². The van der Waals surface area contributed by atoms with Gasteiger partial charge >= 0.3 is 0 Å². The first-order valence-corrected chi connectivity index (χ1v) is 6.69. The Bertz CT molecular complexity index is 394. The van der Waals surface area contributed by atoms with Crippen LogP contribution in [0.1, 0.15) is 46.1 Å². The average Bonchev–Trinajstić information content (AvgIpc) is 2.56. The second-order valence-electron chi connectivity index (χ2n) is 5.86. The number of imidazole rings is 1. The number of methoxy groups -OCH3 is 1. The van der Waals surface area contributed by atoms with E-state index in [-0.39, 0.29) is 5.60 Å². The van der Waals surface area contributed by atoms with E-state index < -0.39 is 0 Å². The van der Waals surface area contributed by atoms with E-state index in [9.17, 15) is 0 Å². The van der Waals surface area contributed by atoms with E-state index in [0.29, 0.717) is 5.92 Å². The second kappa shape index (κ2) is 5.74. The minimum atomic E-state index is -0.226. The van der Waals surface area contributed by atoms with Crippen molar-refractivity contribution in [2.75, 3.05) is 12.8 Å². The Hall–Kier alpha value is -1.03. The third-order valence-electron chi connectivity index (χ3n) is 3.17. The third kappa shape index (κ3) is 3.48. The minimum absolute atomic E-state index is 0.226. The summed E-state index contributed by atoms with van der Waals surface area (Å²) in [5, 5.41) is 0. The fourth-order valence-corrected chi connectivity index (χ4v) is 2.01.